The van der Waals surface area contributed by atoms with Crippen LogP contribution in [0.2, 0.25) is 0 Å². The number of nitrogens with zero attached hydrogens (tertiary/aromatic N) is 1. The lowest BCUT2D eigenvalue weighted by Crippen LogP contribution is -2.25. The van der Waals surface area contributed by atoms with Gasteiger partial charge in [0.25, 0.3) is 0 Å². The summed E-state index contributed by atoms with van der Waals surface area (Å²) in [6.45, 7) is 2.19. The van der Waals surface area contributed by atoms with Gasteiger partial charge >= 0.3 is 5.97 Å². The second-order valence-electron chi connectivity index (χ2n) is 4.89. The van der Waals surface area contributed by atoms with E-state index >= 15 is 0 Å². The van der Waals surface area contributed by atoms with Crippen molar-refractivity contribution in [3.63, 3.8) is 0 Å². The Kier molecular flexibility index (Phi) is 3.69. The molecule has 0 amide bonds. The first kappa shape index (κ1) is 12.7. The molecule has 2 unspecified atom stereocenters. The zero-order valence-corrected chi connectivity index (χ0v) is 10.4. The molecule has 5 nitrogen and oxygen atoms in total. The Morgan fingerprint density at radius 3 is 3.00 bits per heavy atom. The standard InChI is InChI=1S/C13H18N2O3/c1-8-3-2-4-9(7-8)18-12-11(14)10(13(16)17)5-6-15-12/h5-6,8-9H,2-4,7,14H2,1H3,(H,16,17). The molecule has 18 heavy (non-hydrogen) atoms. The van der Waals surface area contributed by atoms with Crippen LogP contribution in [0.15, 0.2) is 12.3 Å². The van der Waals surface area contributed by atoms with E-state index in [0.29, 0.717) is 5.92 Å². The minimum atomic E-state index is -1.06. The first-order valence-electron chi connectivity index (χ1n) is 6.22. The predicted molar refractivity (Wildman–Crippen MR) is 67.7 cm³/mol. The normalized spacial score (nSPS) is 23.6. The molecule has 2 atom stereocenters. The van der Waals surface area contributed by atoms with Gasteiger partial charge in [-0.2, -0.15) is 0 Å². The lowest BCUT2D eigenvalue weighted by atomic mass is 9.89. The molecule has 1 aliphatic rings. The molecule has 0 aliphatic heterocycles. The average Bonchev–Trinajstić information content (AvgIpc) is 2.31. The molecular weight excluding hydrogens is 232 g/mol. The summed E-state index contributed by atoms with van der Waals surface area (Å²) in [7, 11) is 0. The van der Waals surface area contributed by atoms with Crippen molar-refractivity contribution in [2.45, 2.75) is 38.7 Å². The molecule has 0 saturated heterocycles. The van der Waals surface area contributed by atoms with Crippen molar-refractivity contribution in [3.05, 3.63) is 17.8 Å². The van der Waals surface area contributed by atoms with E-state index in [-0.39, 0.29) is 23.2 Å². The summed E-state index contributed by atoms with van der Waals surface area (Å²) in [6, 6.07) is 1.38. The van der Waals surface area contributed by atoms with E-state index in [0.717, 1.165) is 19.3 Å². The van der Waals surface area contributed by atoms with Crippen LogP contribution in [-0.2, 0) is 0 Å². The Morgan fingerprint density at radius 1 is 1.56 bits per heavy atom. The summed E-state index contributed by atoms with van der Waals surface area (Å²) in [6.07, 6.45) is 5.80. The zero-order chi connectivity index (χ0) is 13.1. The van der Waals surface area contributed by atoms with E-state index in [1.807, 2.05) is 0 Å². The van der Waals surface area contributed by atoms with E-state index in [1.54, 1.807) is 0 Å². The third kappa shape index (κ3) is 2.72. The molecule has 3 N–H and O–H groups in total. The van der Waals surface area contributed by atoms with Crippen molar-refractivity contribution in [1.29, 1.82) is 0 Å². The number of aromatic carboxylic acids is 1. The van der Waals surface area contributed by atoms with Crippen molar-refractivity contribution in [2.75, 3.05) is 5.73 Å². The summed E-state index contributed by atoms with van der Waals surface area (Å²) in [5.74, 6) is -0.182. The van der Waals surface area contributed by atoms with Crippen LogP contribution in [0.25, 0.3) is 0 Å². The lowest BCUT2D eigenvalue weighted by molar-refractivity contribution is 0.0696. The van der Waals surface area contributed by atoms with E-state index < -0.39 is 5.97 Å². The van der Waals surface area contributed by atoms with Gasteiger partial charge in [0.15, 0.2) is 0 Å². The number of aromatic nitrogens is 1. The van der Waals surface area contributed by atoms with Gasteiger partial charge in [0.05, 0.1) is 5.56 Å². The van der Waals surface area contributed by atoms with Gasteiger partial charge < -0.3 is 15.6 Å². The Morgan fingerprint density at radius 2 is 2.33 bits per heavy atom. The molecule has 98 valence electrons. The number of hydrogen-bond donors (Lipinski definition) is 2. The number of carboxylic acid groups (broad SMARTS) is 1. The van der Waals surface area contributed by atoms with Crippen LogP contribution in [0.4, 0.5) is 5.69 Å². The van der Waals surface area contributed by atoms with Crippen LogP contribution < -0.4 is 10.5 Å². The Bertz CT molecular complexity index is 448. The SMILES string of the molecule is CC1CCCC(Oc2nccc(C(=O)O)c2N)C1. The van der Waals surface area contributed by atoms with Crippen molar-refractivity contribution in [2.24, 2.45) is 5.92 Å². The first-order valence-corrected chi connectivity index (χ1v) is 6.22. The molecule has 0 aromatic carbocycles. The number of ether oxygens (including phenoxy) is 1. The highest BCUT2D eigenvalue weighted by Gasteiger charge is 2.22. The van der Waals surface area contributed by atoms with E-state index in [9.17, 15) is 4.79 Å². The lowest BCUT2D eigenvalue weighted by Gasteiger charge is -2.27. The molecule has 1 saturated carbocycles. The van der Waals surface area contributed by atoms with Crippen molar-refractivity contribution in [1.82, 2.24) is 4.98 Å². The molecule has 5 heteroatoms. The minimum absolute atomic E-state index is 0.0452. The van der Waals surface area contributed by atoms with Crippen LogP contribution in [0.5, 0.6) is 5.88 Å². The molecule has 1 heterocycles. The first-order chi connectivity index (χ1) is 8.58. The number of nitrogens with two attached hydrogens (primary N) is 1. The molecule has 2 rings (SSSR count). The summed E-state index contributed by atoms with van der Waals surface area (Å²) >= 11 is 0. The second-order valence-corrected chi connectivity index (χ2v) is 4.89. The maximum atomic E-state index is 11.0. The third-order valence-corrected chi connectivity index (χ3v) is 3.35. The van der Waals surface area contributed by atoms with Crippen LogP contribution in [-0.4, -0.2) is 22.2 Å². The van der Waals surface area contributed by atoms with Crippen LogP contribution >= 0.6 is 0 Å². The maximum absolute atomic E-state index is 11.0. The fourth-order valence-corrected chi connectivity index (χ4v) is 2.38. The van der Waals surface area contributed by atoms with E-state index in [4.69, 9.17) is 15.6 Å². The summed E-state index contributed by atoms with van der Waals surface area (Å²) < 4.78 is 5.75. The number of rotatable bonds is 3. The van der Waals surface area contributed by atoms with Crippen LogP contribution in [0, 0.1) is 5.92 Å². The van der Waals surface area contributed by atoms with Crippen LogP contribution in [0.3, 0.4) is 0 Å². The van der Waals surface area contributed by atoms with Gasteiger partial charge in [-0.3, -0.25) is 0 Å². The fraction of sp³-hybridized carbons (Fsp3) is 0.538. The largest absolute Gasteiger partial charge is 0.478 e. The predicted octanol–water partition coefficient (Wildman–Crippen LogP) is 2.32. The van der Waals surface area contributed by atoms with Gasteiger partial charge in [-0.25, -0.2) is 9.78 Å². The van der Waals surface area contributed by atoms with Crippen LogP contribution in [0.1, 0.15) is 43.0 Å². The molecule has 1 aliphatic carbocycles. The monoisotopic (exact) mass is 250 g/mol. The molecular formula is C13H18N2O3. The van der Waals surface area contributed by atoms with Gasteiger partial charge in [-0.15, -0.1) is 0 Å². The molecule has 0 bridgehead atoms. The highest BCUT2D eigenvalue weighted by atomic mass is 16.5. The smallest absolute Gasteiger partial charge is 0.338 e. The molecule has 1 aromatic heterocycles. The summed E-state index contributed by atoms with van der Waals surface area (Å²) in [5, 5.41) is 8.97. The highest BCUT2D eigenvalue weighted by molar-refractivity contribution is 5.94. The number of anilines is 1. The van der Waals surface area contributed by atoms with Gasteiger partial charge in [0, 0.05) is 6.20 Å². The van der Waals surface area contributed by atoms with Crippen molar-refractivity contribution in [3.8, 4) is 5.88 Å². The fourth-order valence-electron chi connectivity index (χ4n) is 2.38. The number of carboxylic acids is 1. The summed E-state index contributed by atoms with van der Waals surface area (Å²) in [4.78, 5) is 15.0. The Balaban J connectivity index is 2.14. The quantitative estimate of drug-likeness (QED) is 0.859. The summed E-state index contributed by atoms with van der Waals surface area (Å²) in [5.41, 5.74) is 5.93. The van der Waals surface area contributed by atoms with Gasteiger partial charge in [0.2, 0.25) is 5.88 Å². The zero-order valence-electron chi connectivity index (χ0n) is 10.4. The number of hydrogen-bond acceptors (Lipinski definition) is 4. The molecule has 0 spiro atoms. The van der Waals surface area contributed by atoms with Crippen molar-refractivity contribution < 1.29 is 14.6 Å². The van der Waals surface area contributed by atoms with Gasteiger partial charge in [-0.1, -0.05) is 13.3 Å². The van der Waals surface area contributed by atoms with E-state index in [2.05, 4.69) is 11.9 Å². The molecule has 0 radical (unpaired) electrons. The van der Waals surface area contributed by atoms with E-state index in [1.165, 1.54) is 18.7 Å². The van der Waals surface area contributed by atoms with Gasteiger partial charge in [0.1, 0.15) is 11.8 Å². The Hall–Kier alpha value is -1.78. The Labute approximate surface area is 106 Å². The number of carbonyl (C=O) groups is 1. The van der Waals surface area contributed by atoms with Crippen molar-refractivity contribution >= 4 is 11.7 Å². The second kappa shape index (κ2) is 5.25. The topological polar surface area (TPSA) is 85.4 Å². The minimum Gasteiger partial charge on any atom is -0.478 e. The molecule has 1 aromatic rings. The highest BCUT2D eigenvalue weighted by Crippen LogP contribution is 2.30. The third-order valence-electron chi connectivity index (χ3n) is 3.35. The number of pyridine rings is 1. The number of nitrogen functional groups attached to an aromatic ring is 1. The average molecular weight is 250 g/mol. The maximum Gasteiger partial charge on any atom is 0.338 e. The molecule has 1 fully saturated rings. The van der Waals surface area contributed by atoms with Gasteiger partial charge in [-0.05, 0) is 31.2 Å².